The molecule has 1 heterocycles. The highest BCUT2D eigenvalue weighted by atomic mass is 16.6. The van der Waals surface area contributed by atoms with E-state index in [0.717, 1.165) is 37.7 Å². The maximum absolute atomic E-state index is 13.0. The zero-order valence-electron chi connectivity index (χ0n) is 22.6. The van der Waals surface area contributed by atoms with E-state index < -0.39 is 11.6 Å². The van der Waals surface area contributed by atoms with Gasteiger partial charge < -0.3 is 14.9 Å². The van der Waals surface area contributed by atoms with Gasteiger partial charge in [0, 0.05) is 12.3 Å². The van der Waals surface area contributed by atoms with Crippen LogP contribution >= 0.6 is 0 Å². The molecular weight excluding hydrogens is 424 g/mol. The van der Waals surface area contributed by atoms with Crippen LogP contribution in [-0.4, -0.2) is 34.0 Å². The topological polar surface area (TPSA) is 66.8 Å². The van der Waals surface area contributed by atoms with Crippen molar-refractivity contribution >= 4 is 5.97 Å². The maximum atomic E-state index is 13.0. The summed E-state index contributed by atoms with van der Waals surface area (Å²) in [7, 11) is 0. The number of carbonyl (C=O) groups is 1. The number of cyclic esters (lactones) is 1. The molecular formula is C30H48O4. The second kappa shape index (κ2) is 7.57. The Bertz CT molecular complexity index is 888. The Balaban J connectivity index is 1.46. The fourth-order valence-corrected chi connectivity index (χ4v) is 10.7. The van der Waals surface area contributed by atoms with Crippen LogP contribution in [0.5, 0.6) is 0 Å². The third kappa shape index (κ3) is 3.06. The number of allylic oxidation sites excluding steroid dienone is 1. The Labute approximate surface area is 206 Å². The Morgan fingerprint density at radius 3 is 2.24 bits per heavy atom. The van der Waals surface area contributed by atoms with Crippen molar-refractivity contribution in [3.8, 4) is 0 Å². The third-order valence-corrected chi connectivity index (χ3v) is 12.6. The minimum atomic E-state index is -1.35. The van der Waals surface area contributed by atoms with Crippen molar-refractivity contribution in [1.29, 1.82) is 0 Å². The number of rotatable bonds is 2. The van der Waals surface area contributed by atoms with E-state index in [1.807, 2.05) is 19.9 Å². The summed E-state index contributed by atoms with van der Waals surface area (Å²) >= 11 is 0. The minimum absolute atomic E-state index is 0.00603. The smallest absolute Gasteiger partial charge is 0.339 e. The highest BCUT2D eigenvalue weighted by Crippen LogP contribution is 2.76. The fourth-order valence-electron chi connectivity index (χ4n) is 10.7. The summed E-state index contributed by atoms with van der Waals surface area (Å²) in [6, 6.07) is 0. The van der Waals surface area contributed by atoms with Crippen molar-refractivity contribution in [1.82, 2.24) is 0 Å². The average molecular weight is 473 g/mol. The van der Waals surface area contributed by atoms with Gasteiger partial charge in [0.2, 0.25) is 0 Å². The number of fused-ring (bicyclic) bond motifs is 5. The Morgan fingerprint density at radius 2 is 1.56 bits per heavy atom. The average Bonchev–Trinajstić information content (AvgIpc) is 3.22. The van der Waals surface area contributed by atoms with Crippen LogP contribution in [-0.2, 0) is 9.53 Å². The zero-order valence-corrected chi connectivity index (χ0v) is 22.6. The van der Waals surface area contributed by atoms with E-state index in [2.05, 4.69) is 34.6 Å². The first-order valence-corrected chi connectivity index (χ1v) is 14.0. The van der Waals surface area contributed by atoms with Gasteiger partial charge in [-0.25, -0.2) is 4.79 Å². The molecule has 0 aromatic carbocycles. The molecule has 34 heavy (non-hydrogen) atoms. The van der Waals surface area contributed by atoms with Crippen molar-refractivity contribution in [2.75, 3.05) is 0 Å². The lowest BCUT2D eigenvalue weighted by Crippen LogP contribution is -2.64. The molecule has 0 amide bonds. The van der Waals surface area contributed by atoms with Crippen LogP contribution in [0.2, 0.25) is 0 Å². The Hall–Kier alpha value is -0.870. The second-order valence-corrected chi connectivity index (χ2v) is 14.5. The van der Waals surface area contributed by atoms with Gasteiger partial charge in [0.1, 0.15) is 6.10 Å². The molecule has 192 valence electrons. The molecule has 4 nitrogen and oxygen atoms in total. The maximum Gasteiger partial charge on any atom is 0.339 e. The molecule has 2 N–H and O–H groups in total. The summed E-state index contributed by atoms with van der Waals surface area (Å²) < 4.78 is 5.68. The zero-order chi connectivity index (χ0) is 24.9. The summed E-state index contributed by atoms with van der Waals surface area (Å²) in [5.41, 5.74) is 0.315. The molecule has 5 fully saturated rings. The number of esters is 1. The van der Waals surface area contributed by atoms with E-state index in [1.165, 1.54) is 19.3 Å². The molecule has 0 radical (unpaired) electrons. The van der Waals surface area contributed by atoms with Crippen LogP contribution in [0, 0.1) is 45.3 Å². The van der Waals surface area contributed by atoms with Gasteiger partial charge >= 0.3 is 5.97 Å². The number of aliphatic hydroxyl groups is 2. The van der Waals surface area contributed by atoms with E-state index in [9.17, 15) is 15.0 Å². The molecule has 0 bridgehead atoms. The summed E-state index contributed by atoms with van der Waals surface area (Å²) in [5.74, 6) is 1.15. The predicted octanol–water partition coefficient (Wildman–Crippen LogP) is 6.05. The lowest BCUT2D eigenvalue weighted by Gasteiger charge is -2.70. The number of ether oxygens (including phenoxy) is 1. The van der Waals surface area contributed by atoms with Crippen molar-refractivity contribution in [3.05, 3.63) is 11.6 Å². The SMILES string of the molecule is CC(C)=C[C@H]1C[C@](O)([C@H]2CC[C@]3(C)[C@@H]2CC[C@@H]2[C@@]4(C)CC[C@H](O)C(C)(C)[C@@H]4CC[C@]23C)C(=O)O1. The normalized spacial score (nSPS) is 54.0. The molecule has 10 atom stereocenters. The third-order valence-electron chi connectivity index (χ3n) is 12.6. The molecule has 4 saturated carbocycles. The van der Waals surface area contributed by atoms with Crippen LogP contribution < -0.4 is 0 Å². The van der Waals surface area contributed by atoms with Gasteiger partial charge in [-0.1, -0.05) is 40.2 Å². The van der Waals surface area contributed by atoms with E-state index in [-0.39, 0.29) is 39.8 Å². The molecule has 0 aromatic rings. The first kappa shape index (κ1) is 24.8. The molecule has 0 aromatic heterocycles. The number of hydrogen-bond acceptors (Lipinski definition) is 4. The minimum Gasteiger partial charge on any atom is -0.456 e. The number of hydrogen-bond donors (Lipinski definition) is 2. The van der Waals surface area contributed by atoms with Gasteiger partial charge in [-0.15, -0.1) is 0 Å². The van der Waals surface area contributed by atoms with Crippen molar-refractivity contribution in [3.63, 3.8) is 0 Å². The van der Waals surface area contributed by atoms with Gasteiger partial charge in [-0.05, 0) is 111 Å². The molecule has 4 aliphatic carbocycles. The van der Waals surface area contributed by atoms with Crippen LogP contribution in [0.1, 0.15) is 106 Å². The van der Waals surface area contributed by atoms with Crippen LogP contribution in [0.4, 0.5) is 0 Å². The van der Waals surface area contributed by atoms with Gasteiger partial charge in [0.05, 0.1) is 6.10 Å². The number of carbonyl (C=O) groups excluding carboxylic acids is 1. The summed E-state index contributed by atoms with van der Waals surface area (Å²) in [5, 5.41) is 22.6. The second-order valence-electron chi connectivity index (χ2n) is 14.5. The monoisotopic (exact) mass is 472 g/mol. The largest absolute Gasteiger partial charge is 0.456 e. The van der Waals surface area contributed by atoms with Crippen LogP contribution in [0.15, 0.2) is 11.6 Å². The van der Waals surface area contributed by atoms with Crippen molar-refractivity contribution in [2.45, 2.75) is 124 Å². The molecule has 5 rings (SSSR count). The van der Waals surface area contributed by atoms with Crippen molar-refractivity contribution < 1.29 is 19.7 Å². The molecule has 1 saturated heterocycles. The summed E-state index contributed by atoms with van der Waals surface area (Å²) in [6.07, 6.45) is 10.6. The summed E-state index contributed by atoms with van der Waals surface area (Å²) in [6.45, 7) is 16.2. The van der Waals surface area contributed by atoms with Gasteiger partial charge in [0.25, 0.3) is 0 Å². The summed E-state index contributed by atoms with van der Waals surface area (Å²) in [4.78, 5) is 13.0. The van der Waals surface area contributed by atoms with E-state index in [1.54, 1.807) is 0 Å². The predicted molar refractivity (Wildman–Crippen MR) is 134 cm³/mol. The van der Waals surface area contributed by atoms with E-state index in [4.69, 9.17) is 4.74 Å². The van der Waals surface area contributed by atoms with Crippen LogP contribution in [0.25, 0.3) is 0 Å². The fraction of sp³-hybridized carbons (Fsp3) is 0.900. The molecule has 0 spiro atoms. The first-order chi connectivity index (χ1) is 15.7. The molecule has 0 unspecified atom stereocenters. The highest BCUT2D eigenvalue weighted by molar-refractivity contribution is 5.82. The molecule has 5 aliphatic rings. The lowest BCUT2D eigenvalue weighted by molar-refractivity contribution is -0.225. The highest BCUT2D eigenvalue weighted by Gasteiger charge is 2.71. The standard InChI is InChI=1S/C30H48O4/c1-18(2)16-19-17-30(33,25(32)34-19)21-10-14-28(6)20(21)8-9-23-27(5)13-12-24(31)26(3,4)22(27)11-15-29(23,28)7/h16,19-24,31,33H,8-15,17H2,1-7H3/t19-,20+,21-,22-,23+,24-,27-,28+,29+,30-/m0/s1. The molecule has 1 aliphatic heterocycles. The van der Waals surface area contributed by atoms with Crippen LogP contribution in [0.3, 0.4) is 0 Å². The van der Waals surface area contributed by atoms with Gasteiger partial charge in [-0.2, -0.15) is 0 Å². The van der Waals surface area contributed by atoms with E-state index in [0.29, 0.717) is 24.2 Å². The van der Waals surface area contributed by atoms with E-state index >= 15 is 0 Å². The Morgan fingerprint density at radius 1 is 0.882 bits per heavy atom. The van der Waals surface area contributed by atoms with Gasteiger partial charge in [0.15, 0.2) is 5.60 Å². The first-order valence-electron chi connectivity index (χ1n) is 14.0. The molecule has 4 heteroatoms. The van der Waals surface area contributed by atoms with Gasteiger partial charge in [-0.3, -0.25) is 0 Å². The number of aliphatic hydroxyl groups excluding tert-OH is 1. The quantitative estimate of drug-likeness (QED) is 0.379. The Kier molecular flexibility index (Phi) is 5.52. The van der Waals surface area contributed by atoms with Crippen molar-refractivity contribution in [2.24, 2.45) is 45.3 Å². The lowest BCUT2D eigenvalue weighted by atomic mass is 9.35.